The van der Waals surface area contributed by atoms with Crippen molar-refractivity contribution in [3.63, 3.8) is 0 Å². The zero-order valence-corrected chi connectivity index (χ0v) is 29.1. The second-order valence-corrected chi connectivity index (χ2v) is 15.3. The van der Waals surface area contributed by atoms with Gasteiger partial charge >= 0.3 is 6.09 Å². The molecule has 3 N–H and O–H groups in total. The van der Waals surface area contributed by atoms with E-state index in [1.807, 2.05) is 65.0 Å². The summed E-state index contributed by atoms with van der Waals surface area (Å²) in [5.74, 6) is -2.87. The summed E-state index contributed by atoms with van der Waals surface area (Å²) in [5.41, 5.74) is -0.824. The number of hydrogen-bond donors (Lipinski definition) is 3. The van der Waals surface area contributed by atoms with Crippen molar-refractivity contribution in [3.8, 4) is 0 Å². The van der Waals surface area contributed by atoms with E-state index >= 15 is 0 Å². The fraction of sp³-hybridized carbons (Fsp3) is 0.611. The molecule has 47 heavy (non-hydrogen) atoms. The normalized spacial score (nSPS) is 21.0. The van der Waals surface area contributed by atoms with Gasteiger partial charge < -0.3 is 25.6 Å². The Morgan fingerprint density at radius 2 is 1.66 bits per heavy atom. The lowest BCUT2D eigenvalue weighted by Crippen LogP contribution is -2.60. The Morgan fingerprint density at radius 3 is 2.23 bits per heavy atom. The van der Waals surface area contributed by atoms with Crippen LogP contribution >= 0.6 is 0 Å². The van der Waals surface area contributed by atoms with Gasteiger partial charge in [0, 0.05) is 25.9 Å². The van der Waals surface area contributed by atoms with Gasteiger partial charge in [-0.2, -0.15) is 0 Å². The molecular weight excluding hydrogens is 600 g/mol. The average Bonchev–Trinajstić information content (AvgIpc) is 3.27. The summed E-state index contributed by atoms with van der Waals surface area (Å²) in [7, 11) is 0. The van der Waals surface area contributed by atoms with Crippen molar-refractivity contribution in [1.29, 1.82) is 0 Å². The molecule has 11 nitrogen and oxygen atoms in total. The number of nitrogens with zero attached hydrogens (tertiary/aromatic N) is 1. The predicted octanol–water partition coefficient (Wildman–Crippen LogP) is 3.75. The highest BCUT2D eigenvalue weighted by atomic mass is 16.6. The molecule has 11 heteroatoms. The van der Waals surface area contributed by atoms with E-state index in [-0.39, 0.29) is 48.8 Å². The highest BCUT2D eigenvalue weighted by Gasteiger charge is 2.70. The van der Waals surface area contributed by atoms with Gasteiger partial charge in [-0.05, 0) is 61.8 Å². The van der Waals surface area contributed by atoms with Crippen LogP contribution in [0, 0.1) is 22.7 Å². The molecular formula is C36H52N4O7. The smallest absolute Gasteiger partial charge is 0.408 e. The number of ketones is 2. The number of allylic oxidation sites excluding steroid dienone is 1. The Hall–Kier alpha value is -4.02. The Bertz CT molecular complexity index is 1360. The van der Waals surface area contributed by atoms with Crippen LogP contribution in [-0.2, 0) is 35.1 Å². The van der Waals surface area contributed by atoms with Gasteiger partial charge in [0.05, 0.1) is 6.04 Å². The summed E-state index contributed by atoms with van der Waals surface area (Å²) >= 11 is 0. The molecule has 3 rings (SSSR count). The zero-order valence-electron chi connectivity index (χ0n) is 29.1. The largest absolute Gasteiger partial charge is 0.444 e. The molecule has 1 aliphatic carbocycles. The van der Waals surface area contributed by atoms with E-state index in [0.29, 0.717) is 13.0 Å². The highest BCUT2D eigenvalue weighted by molar-refractivity contribution is 6.38. The standard InChI is InChI=1S/C36H52N4O7/c1-10-11-17-25(28(42)31(44)37-19-18-23(41)20-22-15-13-12-14-16-22)38-30(43)27-26-24(36(26,8)9)21-40(27)32(45)29(34(2,3)4)39-33(46)47-35(5,6)7/h10,12-16,24-27,29H,1,11,17-21H2,2-9H3,(H,37,44)(H,38,43)(H,39,46)/t24-,25?,26-,27-,29+/m0/s1. The van der Waals surface area contributed by atoms with Crippen LogP contribution in [-0.4, -0.2) is 77.1 Å². The lowest BCUT2D eigenvalue weighted by molar-refractivity contribution is -0.145. The topological polar surface area (TPSA) is 151 Å². The molecule has 2 fully saturated rings. The fourth-order valence-corrected chi connectivity index (χ4v) is 6.34. The van der Waals surface area contributed by atoms with Crippen molar-refractivity contribution in [2.75, 3.05) is 13.1 Å². The summed E-state index contributed by atoms with van der Waals surface area (Å²) in [6.07, 6.45) is 1.63. The molecule has 1 aliphatic heterocycles. The number of alkyl carbamates (subject to hydrolysis) is 1. The number of piperidine rings is 1. The maximum absolute atomic E-state index is 14.1. The molecule has 4 amide bonds. The molecule has 0 bridgehead atoms. The van der Waals surface area contributed by atoms with Crippen molar-refractivity contribution < 1.29 is 33.5 Å². The Balaban J connectivity index is 1.72. The fourth-order valence-electron chi connectivity index (χ4n) is 6.34. The Labute approximate surface area is 278 Å². The lowest BCUT2D eigenvalue weighted by atomic mass is 9.85. The number of hydrogen-bond acceptors (Lipinski definition) is 7. The second kappa shape index (κ2) is 14.8. The van der Waals surface area contributed by atoms with E-state index in [1.54, 1.807) is 26.8 Å². The average molecular weight is 653 g/mol. The van der Waals surface area contributed by atoms with Gasteiger partial charge in [-0.25, -0.2) is 4.79 Å². The number of fused-ring (bicyclic) bond motifs is 1. The minimum absolute atomic E-state index is 0.0138. The van der Waals surface area contributed by atoms with Crippen LogP contribution < -0.4 is 16.0 Å². The van der Waals surface area contributed by atoms with Crippen LogP contribution in [0.1, 0.15) is 80.2 Å². The predicted molar refractivity (Wildman–Crippen MR) is 178 cm³/mol. The molecule has 1 unspecified atom stereocenters. The van der Waals surface area contributed by atoms with Crippen LogP contribution in [0.3, 0.4) is 0 Å². The maximum Gasteiger partial charge on any atom is 0.408 e. The van der Waals surface area contributed by atoms with Gasteiger partial charge in [0.15, 0.2) is 0 Å². The summed E-state index contributed by atoms with van der Waals surface area (Å²) in [6.45, 7) is 18.7. The van der Waals surface area contributed by atoms with Crippen LogP contribution in [0.15, 0.2) is 43.0 Å². The number of carbonyl (C=O) groups excluding carboxylic acids is 6. The summed E-state index contributed by atoms with van der Waals surface area (Å²) in [6, 6.07) is 6.20. The highest BCUT2D eigenvalue weighted by Crippen LogP contribution is 2.65. The van der Waals surface area contributed by atoms with Crippen LogP contribution in [0.25, 0.3) is 0 Å². The molecule has 1 saturated heterocycles. The molecule has 258 valence electrons. The molecule has 1 heterocycles. The van der Waals surface area contributed by atoms with Gasteiger partial charge in [0.1, 0.15) is 23.5 Å². The number of nitrogens with one attached hydrogen (secondary N) is 3. The minimum atomic E-state index is -1.16. The van der Waals surface area contributed by atoms with Crippen molar-refractivity contribution in [2.45, 2.75) is 105 Å². The number of benzene rings is 1. The van der Waals surface area contributed by atoms with E-state index in [0.717, 1.165) is 5.56 Å². The van der Waals surface area contributed by atoms with E-state index in [9.17, 15) is 28.8 Å². The van der Waals surface area contributed by atoms with Gasteiger partial charge in [-0.15, -0.1) is 6.58 Å². The number of amides is 4. The molecule has 5 atom stereocenters. The van der Waals surface area contributed by atoms with E-state index in [2.05, 4.69) is 22.5 Å². The van der Waals surface area contributed by atoms with Gasteiger partial charge in [0.2, 0.25) is 17.6 Å². The number of Topliss-reactive ketones (excluding diaryl/α,β-unsaturated/α-hetero) is 2. The summed E-state index contributed by atoms with van der Waals surface area (Å²) in [4.78, 5) is 80.8. The molecule has 0 radical (unpaired) electrons. The minimum Gasteiger partial charge on any atom is -0.444 e. The molecule has 1 aromatic rings. The van der Waals surface area contributed by atoms with E-state index < -0.39 is 58.7 Å². The second-order valence-electron chi connectivity index (χ2n) is 15.3. The van der Waals surface area contributed by atoms with E-state index in [1.165, 1.54) is 4.90 Å². The first-order valence-corrected chi connectivity index (χ1v) is 16.4. The molecule has 0 aromatic heterocycles. The quantitative estimate of drug-likeness (QED) is 0.205. The third-order valence-electron chi connectivity index (χ3n) is 8.98. The molecule has 1 aromatic carbocycles. The summed E-state index contributed by atoms with van der Waals surface area (Å²) in [5, 5.41) is 8.00. The van der Waals surface area contributed by atoms with Crippen molar-refractivity contribution in [2.24, 2.45) is 22.7 Å². The van der Waals surface area contributed by atoms with Gasteiger partial charge in [-0.1, -0.05) is 71.0 Å². The zero-order chi connectivity index (χ0) is 35.3. The SMILES string of the molecule is C=CCCC(NC(=O)[C@@H]1[C@@H]2[C@H](CN1C(=O)[C@@H](NC(=O)OC(C)(C)C)C(C)(C)C)C2(C)C)C(=O)C(=O)NCCC(=O)Cc1ccccc1. The first kappa shape index (κ1) is 37.4. The Kier molecular flexibility index (Phi) is 11.8. The third kappa shape index (κ3) is 9.74. The number of rotatable bonds is 14. The van der Waals surface area contributed by atoms with Crippen molar-refractivity contribution in [1.82, 2.24) is 20.9 Å². The van der Waals surface area contributed by atoms with Crippen molar-refractivity contribution >= 4 is 35.4 Å². The number of likely N-dealkylation sites (tertiary alicyclic amines) is 1. The maximum atomic E-state index is 14.1. The first-order chi connectivity index (χ1) is 21.8. The van der Waals surface area contributed by atoms with Gasteiger partial charge in [0.25, 0.3) is 5.91 Å². The molecule has 1 saturated carbocycles. The number of carbonyl (C=O) groups is 6. The lowest BCUT2D eigenvalue weighted by Gasteiger charge is -2.38. The van der Waals surface area contributed by atoms with E-state index in [4.69, 9.17) is 4.74 Å². The monoisotopic (exact) mass is 652 g/mol. The van der Waals surface area contributed by atoms with Crippen LogP contribution in [0.2, 0.25) is 0 Å². The molecule has 0 spiro atoms. The van der Waals surface area contributed by atoms with Crippen molar-refractivity contribution in [3.05, 3.63) is 48.6 Å². The van der Waals surface area contributed by atoms with Gasteiger partial charge in [-0.3, -0.25) is 24.0 Å². The summed E-state index contributed by atoms with van der Waals surface area (Å²) < 4.78 is 5.42. The molecule has 2 aliphatic rings. The Morgan fingerprint density at radius 1 is 1.02 bits per heavy atom. The first-order valence-electron chi connectivity index (χ1n) is 16.4. The third-order valence-corrected chi connectivity index (χ3v) is 8.98. The van der Waals surface area contributed by atoms with Crippen LogP contribution in [0.4, 0.5) is 4.79 Å². The van der Waals surface area contributed by atoms with Crippen LogP contribution in [0.5, 0.6) is 0 Å². The number of ether oxygens (including phenoxy) is 1.